The second-order valence-corrected chi connectivity index (χ2v) is 11.4. The van der Waals surface area contributed by atoms with Crippen molar-refractivity contribution >= 4 is 18.0 Å². The van der Waals surface area contributed by atoms with Crippen LogP contribution in [0.3, 0.4) is 0 Å². The summed E-state index contributed by atoms with van der Waals surface area (Å²) in [5.74, 6) is 0.897. The van der Waals surface area contributed by atoms with Crippen LogP contribution in [0.15, 0.2) is 54.6 Å². The number of aliphatic hydroxyl groups is 1. The fraction of sp³-hybridized carbons (Fsp3) is 0.484. The lowest BCUT2D eigenvalue weighted by atomic mass is 9.55. The molecule has 2 aromatic carbocycles. The lowest BCUT2D eigenvalue weighted by Crippen LogP contribution is -2.67. The Morgan fingerprint density at radius 3 is 2.66 bits per heavy atom. The largest absolute Gasteiger partial charge is 0.508 e. The van der Waals surface area contributed by atoms with E-state index in [-0.39, 0.29) is 23.7 Å². The van der Waals surface area contributed by atoms with Crippen LogP contribution in [-0.4, -0.2) is 70.2 Å². The van der Waals surface area contributed by atoms with E-state index in [0.717, 1.165) is 36.6 Å². The number of β-amino-alcohol motifs (C(OH)–C–C–N with tert-alkyl or cyclic N) is 1. The van der Waals surface area contributed by atoms with Crippen LogP contribution in [-0.2, 0) is 15.0 Å². The van der Waals surface area contributed by atoms with Crippen LogP contribution in [0.2, 0.25) is 0 Å². The van der Waals surface area contributed by atoms with Gasteiger partial charge in [0.25, 0.3) is 0 Å². The quantitative estimate of drug-likeness (QED) is 0.326. The molecule has 1 aliphatic heterocycles. The summed E-state index contributed by atoms with van der Waals surface area (Å²) in [7, 11) is 1.83. The fourth-order valence-electron chi connectivity index (χ4n) is 6.50. The predicted molar refractivity (Wildman–Crippen MR) is 146 cm³/mol. The van der Waals surface area contributed by atoms with Crippen molar-refractivity contribution in [2.45, 2.75) is 62.5 Å². The van der Waals surface area contributed by atoms with Crippen LogP contribution in [0.4, 0.5) is 0 Å². The number of amides is 1. The summed E-state index contributed by atoms with van der Waals surface area (Å²) < 4.78 is 5.41. The number of likely N-dealkylation sites (tertiary alicyclic amines) is 1. The predicted octanol–water partition coefficient (Wildman–Crippen LogP) is 4.13. The third kappa shape index (κ3) is 5.49. The van der Waals surface area contributed by atoms with Crippen LogP contribution in [0.5, 0.6) is 11.5 Å². The van der Waals surface area contributed by atoms with E-state index < -0.39 is 11.0 Å². The minimum atomic E-state index is -0.938. The van der Waals surface area contributed by atoms with Gasteiger partial charge in [-0.05, 0) is 92.5 Å². The molecule has 2 aromatic rings. The van der Waals surface area contributed by atoms with Gasteiger partial charge in [-0.1, -0.05) is 24.3 Å². The van der Waals surface area contributed by atoms with Gasteiger partial charge in [0.15, 0.2) is 0 Å². The van der Waals surface area contributed by atoms with Crippen LogP contribution in [0, 0.1) is 5.92 Å². The first kappa shape index (κ1) is 26.4. The molecule has 38 heavy (non-hydrogen) atoms. The SMILES string of the molecule is CC(=O)Oc1cccc(C23CCN(CC4CC4)CC2(O)CCC(N(C)C(=O)/C=C/c2cccc(O)c2)C3)c1. The fourth-order valence-corrected chi connectivity index (χ4v) is 6.50. The Bertz CT molecular complexity index is 1220. The van der Waals surface area contributed by atoms with E-state index in [1.165, 1.54) is 19.8 Å². The number of carbonyl (C=O) groups excluding carboxylic acids is 2. The molecule has 2 aliphatic carbocycles. The van der Waals surface area contributed by atoms with Crippen molar-refractivity contribution in [2.24, 2.45) is 5.92 Å². The zero-order valence-corrected chi connectivity index (χ0v) is 22.3. The van der Waals surface area contributed by atoms with Crippen LogP contribution >= 0.6 is 0 Å². The summed E-state index contributed by atoms with van der Waals surface area (Å²) in [5, 5.41) is 22.0. The van der Waals surface area contributed by atoms with E-state index >= 15 is 0 Å². The van der Waals surface area contributed by atoms with Gasteiger partial charge >= 0.3 is 5.97 Å². The van der Waals surface area contributed by atoms with Gasteiger partial charge in [0.05, 0.1) is 5.60 Å². The number of hydrogen-bond acceptors (Lipinski definition) is 6. The zero-order chi connectivity index (χ0) is 26.9. The summed E-state index contributed by atoms with van der Waals surface area (Å²) in [6, 6.07) is 14.3. The molecular formula is C31H38N2O5. The lowest BCUT2D eigenvalue weighted by molar-refractivity contribution is -0.145. The first-order valence-electron chi connectivity index (χ1n) is 13.7. The van der Waals surface area contributed by atoms with Gasteiger partial charge in [-0.3, -0.25) is 9.59 Å². The van der Waals surface area contributed by atoms with E-state index in [9.17, 15) is 19.8 Å². The minimum absolute atomic E-state index is 0.0519. The Kier molecular flexibility index (Phi) is 7.34. The Labute approximate surface area is 224 Å². The molecule has 1 heterocycles. The number of piperidine rings is 1. The van der Waals surface area contributed by atoms with Gasteiger partial charge in [-0.25, -0.2) is 0 Å². The first-order valence-corrected chi connectivity index (χ1v) is 13.7. The normalized spacial score (nSPS) is 27.6. The smallest absolute Gasteiger partial charge is 0.308 e. The summed E-state index contributed by atoms with van der Waals surface area (Å²) in [6.45, 7) is 3.92. The molecule has 5 rings (SSSR count). The monoisotopic (exact) mass is 518 g/mol. The maximum atomic E-state index is 13.2. The van der Waals surface area contributed by atoms with E-state index in [1.807, 2.05) is 31.3 Å². The van der Waals surface area contributed by atoms with Crippen molar-refractivity contribution in [3.05, 3.63) is 65.7 Å². The number of aromatic hydroxyl groups is 1. The van der Waals surface area contributed by atoms with Gasteiger partial charge in [0, 0.05) is 44.6 Å². The second-order valence-electron chi connectivity index (χ2n) is 11.4. The van der Waals surface area contributed by atoms with E-state index in [4.69, 9.17) is 4.74 Å². The van der Waals surface area contributed by atoms with E-state index in [0.29, 0.717) is 31.6 Å². The van der Waals surface area contributed by atoms with Crippen LogP contribution in [0.1, 0.15) is 56.6 Å². The van der Waals surface area contributed by atoms with E-state index in [2.05, 4.69) is 4.90 Å². The molecule has 7 nitrogen and oxygen atoms in total. The van der Waals surface area contributed by atoms with Gasteiger partial charge in [-0.2, -0.15) is 0 Å². The second kappa shape index (κ2) is 10.5. The highest BCUT2D eigenvalue weighted by Crippen LogP contribution is 2.53. The molecule has 2 N–H and O–H groups in total. The van der Waals surface area contributed by atoms with Gasteiger partial charge in [0.1, 0.15) is 11.5 Å². The van der Waals surface area contributed by atoms with Gasteiger partial charge in [0.2, 0.25) is 5.91 Å². The summed E-state index contributed by atoms with van der Waals surface area (Å²) in [4.78, 5) is 29.0. The molecule has 0 radical (unpaired) electrons. The third-order valence-electron chi connectivity index (χ3n) is 8.75. The van der Waals surface area contributed by atoms with Crippen molar-refractivity contribution in [3.63, 3.8) is 0 Å². The summed E-state index contributed by atoms with van der Waals surface area (Å²) in [5.41, 5.74) is 0.222. The minimum Gasteiger partial charge on any atom is -0.508 e. The molecular weight excluding hydrogens is 480 g/mol. The molecule has 3 unspecified atom stereocenters. The average Bonchev–Trinajstić information content (AvgIpc) is 3.70. The highest BCUT2D eigenvalue weighted by molar-refractivity contribution is 5.91. The number of hydrogen-bond donors (Lipinski definition) is 2. The standard InChI is InChI=1S/C31H38N2O5/c1-22(34)38-28-8-4-6-25(18-28)30-15-16-33(20-24-9-10-24)21-31(30,37)14-13-26(19-30)32(2)29(36)12-11-23-5-3-7-27(35)17-23/h3-8,11-12,17-18,24,26,35,37H,9-10,13-16,19-21H2,1-2H3/b12-11+. The Morgan fingerprint density at radius 2 is 1.92 bits per heavy atom. The van der Waals surface area contributed by atoms with E-state index in [1.54, 1.807) is 41.3 Å². The molecule has 0 aromatic heterocycles. The molecule has 1 amide bonds. The number of phenolic OH excluding ortho intramolecular Hbond substituents is 1. The number of nitrogens with zero attached hydrogens (tertiary/aromatic N) is 2. The number of benzene rings is 2. The number of fused-ring (bicyclic) bond motifs is 1. The number of phenols is 1. The average molecular weight is 519 g/mol. The van der Waals surface area contributed by atoms with Crippen LogP contribution < -0.4 is 4.74 Å². The summed E-state index contributed by atoms with van der Waals surface area (Å²) >= 11 is 0. The Balaban J connectivity index is 1.41. The molecule has 3 fully saturated rings. The van der Waals surface area contributed by atoms with Gasteiger partial charge < -0.3 is 24.7 Å². The number of ether oxygens (including phenoxy) is 1. The molecule has 0 spiro atoms. The van der Waals surface area contributed by atoms with Crippen molar-refractivity contribution < 1.29 is 24.5 Å². The number of esters is 1. The van der Waals surface area contributed by atoms with Crippen molar-refractivity contribution in [1.29, 1.82) is 0 Å². The maximum Gasteiger partial charge on any atom is 0.308 e. The molecule has 3 aliphatic rings. The zero-order valence-electron chi connectivity index (χ0n) is 22.3. The maximum absolute atomic E-state index is 13.2. The lowest BCUT2D eigenvalue weighted by Gasteiger charge is -2.59. The highest BCUT2D eigenvalue weighted by Gasteiger charge is 2.58. The van der Waals surface area contributed by atoms with Crippen molar-refractivity contribution in [1.82, 2.24) is 9.80 Å². The third-order valence-corrected chi connectivity index (χ3v) is 8.75. The molecule has 7 heteroatoms. The number of carbonyl (C=O) groups is 2. The molecule has 2 saturated carbocycles. The topological polar surface area (TPSA) is 90.3 Å². The number of likely N-dealkylation sites (N-methyl/N-ethyl adjacent to an activating group) is 1. The molecule has 3 atom stereocenters. The highest BCUT2D eigenvalue weighted by atomic mass is 16.5. The molecule has 1 saturated heterocycles. The van der Waals surface area contributed by atoms with Gasteiger partial charge in [-0.15, -0.1) is 0 Å². The Morgan fingerprint density at radius 1 is 1.13 bits per heavy atom. The summed E-state index contributed by atoms with van der Waals surface area (Å²) in [6.07, 6.45) is 8.51. The van der Waals surface area contributed by atoms with Crippen molar-refractivity contribution in [3.8, 4) is 11.5 Å². The molecule has 0 bridgehead atoms. The van der Waals surface area contributed by atoms with Crippen LogP contribution in [0.25, 0.3) is 6.08 Å². The Hall–Kier alpha value is -3.16. The molecule has 202 valence electrons. The number of rotatable bonds is 7. The first-order chi connectivity index (χ1) is 18.2. The van der Waals surface area contributed by atoms with Crippen molar-refractivity contribution in [2.75, 3.05) is 26.7 Å².